The van der Waals surface area contributed by atoms with Crippen LogP contribution in [0, 0.1) is 0 Å². The SMILES string of the molecule is CCc1ccc(C(=O)N2CCN(C(=O)c3cc4cccc(Br)c4o3)CC2)cc1. The van der Waals surface area contributed by atoms with Gasteiger partial charge in [-0.2, -0.15) is 0 Å². The quantitative estimate of drug-likeness (QED) is 0.607. The third-order valence-electron chi connectivity index (χ3n) is 5.17. The molecule has 0 radical (unpaired) electrons. The Hall–Kier alpha value is -2.60. The van der Waals surface area contributed by atoms with Crippen molar-refractivity contribution in [1.29, 1.82) is 0 Å². The molecule has 0 atom stereocenters. The van der Waals surface area contributed by atoms with Crippen molar-refractivity contribution in [1.82, 2.24) is 9.80 Å². The number of hydrogen-bond acceptors (Lipinski definition) is 3. The smallest absolute Gasteiger partial charge is 0.289 e. The maximum absolute atomic E-state index is 12.8. The molecule has 1 aliphatic rings. The number of carbonyl (C=O) groups is 2. The van der Waals surface area contributed by atoms with Crippen LogP contribution in [0.25, 0.3) is 11.0 Å². The molecule has 0 aliphatic carbocycles. The van der Waals surface area contributed by atoms with Crippen molar-refractivity contribution in [3.05, 3.63) is 69.9 Å². The number of benzene rings is 2. The first kappa shape index (κ1) is 18.7. The Kier molecular flexibility index (Phi) is 5.22. The molecule has 3 aromatic rings. The molecular formula is C22H21BrN2O3. The molecule has 0 N–H and O–H groups in total. The van der Waals surface area contributed by atoms with Crippen LogP contribution < -0.4 is 0 Å². The van der Waals surface area contributed by atoms with Gasteiger partial charge in [-0.3, -0.25) is 9.59 Å². The molecule has 0 bridgehead atoms. The molecule has 144 valence electrons. The lowest BCUT2D eigenvalue weighted by atomic mass is 10.1. The maximum Gasteiger partial charge on any atom is 0.289 e. The average Bonchev–Trinajstić information content (AvgIpc) is 3.19. The average molecular weight is 441 g/mol. The van der Waals surface area contributed by atoms with Gasteiger partial charge in [0, 0.05) is 37.1 Å². The minimum absolute atomic E-state index is 0.0161. The number of aryl methyl sites for hydroxylation is 1. The summed E-state index contributed by atoms with van der Waals surface area (Å²) in [7, 11) is 0. The zero-order valence-electron chi connectivity index (χ0n) is 15.7. The van der Waals surface area contributed by atoms with E-state index in [1.807, 2.05) is 42.5 Å². The van der Waals surface area contributed by atoms with Crippen LogP contribution in [0.1, 0.15) is 33.4 Å². The van der Waals surface area contributed by atoms with Crippen LogP contribution in [0.4, 0.5) is 0 Å². The van der Waals surface area contributed by atoms with Crippen molar-refractivity contribution in [2.45, 2.75) is 13.3 Å². The number of amides is 2. The van der Waals surface area contributed by atoms with Gasteiger partial charge in [0.1, 0.15) is 5.58 Å². The van der Waals surface area contributed by atoms with E-state index in [0.717, 1.165) is 16.3 Å². The number of nitrogens with zero attached hydrogens (tertiary/aromatic N) is 2. The van der Waals surface area contributed by atoms with Gasteiger partial charge < -0.3 is 14.2 Å². The second kappa shape index (κ2) is 7.80. The van der Waals surface area contributed by atoms with Crippen molar-refractivity contribution in [2.75, 3.05) is 26.2 Å². The minimum Gasteiger partial charge on any atom is -0.450 e. The Morgan fingerprint density at radius 3 is 2.21 bits per heavy atom. The molecule has 2 heterocycles. The highest BCUT2D eigenvalue weighted by Crippen LogP contribution is 2.27. The molecule has 5 nitrogen and oxygen atoms in total. The summed E-state index contributed by atoms with van der Waals surface area (Å²) in [6.45, 7) is 4.12. The number of hydrogen-bond donors (Lipinski definition) is 0. The van der Waals surface area contributed by atoms with Gasteiger partial charge >= 0.3 is 0 Å². The highest BCUT2D eigenvalue weighted by Gasteiger charge is 2.27. The topological polar surface area (TPSA) is 53.8 Å². The first-order chi connectivity index (χ1) is 13.6. The van der Waals surface area contributed by atoms with Crippen molar-refractivity contribution < 1.29 is 14.0 Å². The zero-order chi connectivity index (χ0) is 19.7. The lowest BCUT2D eigenvalue weighted by Crippen LogP contribution is -2.50. The summed E-state index contributed by atoms with van der Waals surface area (Å²) in [5.74, 6) is 0.210. The molecule has 0 unspecified atom stereocenters. The maximum atomic E-state index is 12.8. The summed E-state index contributed by atoms with van der Waals surface area (Å²) in [6, 6.07) is 15.2. The van der Waals surface area contributed by atoms with E-state index in [9.17, 15) is 9.59 Å². The molecule has 1 aromatic heterocycles. The molecule has 6 heteroatoms. The predicted molar refractivity (Wildman–Crippen MR) is 112 cm³/mol. The Balaban J connectivity index is 1.42. The number of para-hydroxylation sites is 1. The Labute approximate surface area is 172 Å². The summed E-state index contributed by atoms with van der Waals surface area (Å²) >= 11 is 3.45. The molecular weight excluding hydrogens is 420 g/mol. The van der Waals surface area contributed by atoms with E-state index in [0.29, 0.717) is 43.1 Å². The third kappa shape index (κ3) is 3.56. The number of carbonyl (C=O) groups excluding carboxylic acids is 2. The van der Waals surface area contributed by atoms with Gasteiger partial charge in [0.25, 0.3) is 11.8 Å². The summed E-state index contributed by atoms with van der Waals surface area (Å²) in [5.41, 5.74) is 2.58. The van der Waals surface area contributed by atoms with Crippen LogP contribution in [0.2, 0.25) is 0 Å². The van der Waals surface area contributed by atoms with Gasteiger partial charge in [-0.05, 0) is 52.2 Å². The highest BCUT2D eigenvalue weighted by atomic mass is 79.9. The predicted octanol–water partition coefficient (Wildman–Crippen LogP) is 4.36. The number of fused-ring (bicyclic) bond motifs is 1. The van der Waals surface area contributed by atoms with Gasteiger partial charge in [0.2, 0.25) is 0 Å². The van der Waals surface area contributed by atoms with Crippen molar-refractivity contribution in [2.24, 2.45) is 0 Å². The van der Waals surface area contributed by atoms with E-state index in [1.165, 1.54) is 5.56 Å². The van der Waals surface area contributed by atoms with Crippen LogP contribution in [0.5, 0.6) is 0 Å². The van der Waals surface area contributed by atoms with Crippen LogP contribution in [0.15, 0.2) is 57.4 Å². The van der Waals surface area contributed by atoms with E-state index < -0.39 is 0 Å². The van der Waals surface area contributed by atoms with E-state index in [2.05, 4.69) is 22.9 Å². The van der Waals surface area contributed by atoms with Gasteiger partial charge in [-0.25, -0.2) is 0 Å². The molecule has 1 aliphatic heterocycles. The van der Waals surface area contributed by atoms with Crippen LogP contribution in [-0.4, -0.2) is 47.8 Å². The molecule has 2 amide bonds. The molecule has 0 spiro atoms. The summed E-state index contributed by atoms with van der Waals surface area (Å²) in [4.78, 5) is 29.1. The zero-order valence-corrected chi connectivity index (χ0v) is 17.2. The first-order valence-electron chi connectivity index (χ1n) is 9.42. The molecule has 4 rings (SSSR count). The molecule has 1 fully saturated rings. The fourth-order valence-electron chi connectivity index (χ4n) is 3.47. The van der Waals surface area contributed by atoms with Crippen LogP contribution >= 0.6 is 15.9 Å². The van der Waals surface area contributed by atoms with Crippen molar-refractivity contribution in [3.63, 3.8) is 0 Å². The summed E-state index contributed by atoms with van der Waals surface area (Å²) in [6.07, 6.45) is 0.952. The van der Waals surface area contributed by atoms with E-state index in [4.69, 9.17) is 4.42 Å². The molecule has 1 saturated heterocycles. The summed E-state index contributed by atoms with van der Waals surface area (Å²) < 4.78 is 6.59. The normalized spacial score (nSPS) is 14.5. The number of rotatable bonds is 3. The number of piperazine rings is 1. The lowest BCUT2D eigenvalue weighted by molar-refractivity contribution is 0.0519. The van der Waals surface area contributed by atoms with E-state index in [-0.39, 0.29) is 11.8 Å². The third-order valence-corrected chi connectivity index (χ3v) is 5.79. The number of furan rings is 1. The number of halogens is 1. The standard InChI is InChI=1S/C22H21BrN2O3/c1-2-15-6-8-16(9-7-15)21(26)24-10-12-25(13-11-24)22(27)19-14-17-4-3-5-18(23)20(17)28-19/h3-9,14H,2,10-13H2,1H3. The fraction of sp³-hybridized carbons (Fsp3) is 0.273. The Morgan fingerprint density at radius 2 is 1.61 bits per heavy atom. The summed E-state index contributed by atoms with van der Waals surface area (Å²) in [5, 5.41) is 0.891. The second-order valence-electron chi connectivity index (χ2n) is 6.90. The monoisotopic (exact) mass is 440 g/mol. The fourth-order valence-corrected chi connectivity index (χ4v) is 3.93. The lowest BCUT2D eigenvalue weighted by Gasteiger charge is -2.34. The van der Waals surface area contributed by atoms with Gasteiger partial charge in [0.05, 0.1) is 4.47 Å². The van der Waals surface area contributed by atoms with Crippen molar-refractivity contribution in [3.8, 4) is 0 Å². The van der Waals surface area contributed by atoms with Gasteiger partial charge in [-0.15, -0.1) is 0 Å². The van der Waals surface area contributed by atoms with E-state index >= 15 is 0 Å². The van der Waals surface area contributed by atoms with Gasteiger partial charge in [-0.1, -0.05) is 31.2 Å². The Morgan fingerprint density at radius 1 is 0.964 bits per heavy atom. The molecule has 28 heavy (non-hydrogen) atoms. The van der Waals surface area contributed by atoms with Gasteiger partial charge in [0.15, 0.2) is 5.76 Å². The largest absolute Gasteiger partial charge is 0.450 e. The molecule has 0 saturated carbocycles. The molecule has 2 aromatic carbocycles. The van der Waals surface area contributed by atoms with Crippen LogP contribution in [0.3, 0.4) is 0 Å². The minimum atomic E-state index is -0.137. The van der Waals surface area contributed by atoms with E-state index in [1.54, 1.807) is 15.9 Å². The Bertz CT molecular complexity index is 1020. The van der Waals surface area contributed by atoms with Crippen molar-refractivity contribution >= 4 is 38.7 Å². The second-order valence-corrected chi connectivity index (χ2v) is 7.76. The van der Waals surface area contributed by atoms with Crippen LogP contribution in [-0.2, 0) is 6.42 Å². The highest BCUT2D eigenvalue weighted by molar-refractivity contribution is 9.10. The first-order valence-corrected chi connectivity index (χ1v) is 10.2.